The fraction of sp³-hybridized carbons (Fsp3) is 0.900. The van der Waals surface area contributed by atoms with E-state index in [1.54, 1.807) is 6.92 Å². The first-order valence-electron chi connectivity index (χ1n) is 5.35. The van der Waals surface area contributed by atoms with Crippen LogP contribution >= 0.6 is 0 Å². The molecule has 88 valence electrons. The van der Waals surface area contributed by atoms with Crippen molar-refractivity contribution in [2.45, 2.75) is 38.5 Å². The highest BCUT2D eigenvalue weighted by Gasteiger charge is 2.30. The van der Waals surface area contributed by atoms with Gasteiger partial charge in [-0.15, -0.1) is 0 Å². The summed E-state index contributed by atoms with van der Waals surface area (Å²) in [5, 5.41) is 11.8. The number of carbonyl (C=O) groups is 1. The molecule has 4 atom stereocenters. The molecule has 15 heavy (non-hydrogen) atoms. The quantitative estimate of drug-likeness (QED) is 0.576. The molecule has 0 aromatic carbocycles. The Hall–Kier alpha value is -0.650. The van der Waals surface area contributed by atoms with Gasteiger partial charge in [-0.25, -0.2) is 0 Å². The zero-order chi connectivity index (χ0) is 11.4. The van der Waals surface area contributed by atoms with E-state index in [-0.39, 0.29) is 24.5 Å². The zero-order valence-corrected chi connectivity index (χ0v) is 9.27. The van der Waals surface area contributed by atoms with Crippen molar-refractivity contribution in [1.29, 1.82) is 0 Å². The Balaban J connectivity index is 2.29. The minimum Gasteiger partial charge on any atom is -0.392 e. The molecule has 0 spiro atoms. The van der Waals surface area contributed by atoms with E-state index in [2.05, 4.69) is 5.32 Å². The molecule has 1 heterocycles. The van der Waals surface area contributed by atoms with Crippen molar-refractivity contribution in [1.82, 2.24) is 5.32 Å². The second-order valence-corrected chi connectivity index (χ2v) is 4.21. The molecule has 5 heteroatoms. The lowest BCUT2D eigenvalue weighted by Crippen LogP contribution is -2.47. The molecule has 1 amide bonds. The smallest absolute Gasteiger partial charge is 0.249 e. The number of aliphatic hydroxyl groups is 1. The van der Waals surface area contributed by atoms with Crippen LogP contribution in [0.5, 0.6) is 0 Å². The molecule has 1 fully saturated rings. The van der Waals surface area contributed by atoms with Crippen molar-refractivity contribution in [2.75, 3.05) is 13.2 Å². The number of hydrogen-bond acceptors (Lipinski definition) is 4. The van der Waals surface area contributed by atoms with Gasteiger partial charge in [0.25, 0.3) is 0 Å². The van der Waals surface area contributed by atoms with Crippen molar-refractivity contribution >= 4 is 5.91 Å². The topological polar surface area (TPSA) is 84.6 Å². The Morgan fingerprint density at radius 3 is 2.87 bits per heavy atom. The minimum absolute atomic E-state index is 0.129. The van der Waals surface area contributed by atoms with Gasteiger partial charge in [-0.1, -0.05) is 6.92 Å². The Bertz CT molecular complexity index is 221. The van der Waals surface area contributed by atoms with E-state index in [1.807, 2.05) is 6.92 Å². The van der Waals surface area contributed by atoms with Gasteiger partial charge in [0, 0.05) is 19.2 Å². The first-order valence-corrected chi connectivity index (χ1v) is 5.35. The van der Waals surface area contributed by atoms with Gasteiger partial charge in [0.1, 0.15) is 6.10 Å². The molecule has 4 N–H and O–H groups in total. The van der Waals surface area contributed by atoms with Crippen molar-refractivity contribution in [3.8, 4) is 0 Å². The number of hydrogen-bond donors (Lipinski definition) is 3. The number of rotatable bonds is 4. The van der Waals surface area contributed by atoms with E-state index in [9.17, 15) is 4.79 Å². The summed E-state index contributed by atoms with van der Waals surface area (Å²) < 4.78 is 5.30. The van der Waals surface area contributed by atoms with E-state index in [0.717, 1.165) is 6.42 Å². The van der Waals surface area contributed by atoms with Crippen LogP contribution in [0, 0.1) is 5.92 Å². The zero-order valence-electron chi connectivity index (χ0n) is 9.27. The van der Waals surface area contributed by atoms with Crippen LogP contribution in [0.3, 0.4) is 0 Å². The van der Waals surface area contributed by atoms with E-state index >= 15 is 0 Å². The molecule has 4 unspecified atom stereocenters. The van der Waals surface area contributed by atoms with Crippen molar-refractivity contribution in [3.05, 3.63) is 0 Å². The second-order valence-electron chi connectivity index (χ2n) is 4.21. The van der Waals surface area contributed by atoms with Gasteiger partial charge in [-0.05, 0) is 19.3 Å². The standard InChI is InChI=1S/C10H20N2O3/c1-6-3-4-15-9(6)10(14)12-5-8(11)7(2)13/h6-9,13H,3-5,11H2,1-2H3,(H,12,14). The van der Waals surface area contributed by atoms with Gasteiger partial charge in [0.05, 0.1) is 6.10 Å². The van der Waals surface area contributed by atoms with Crippen LogP contribution in [0.25, 0.3) is 0 Å². The van der Waals surface area contributed by atoms with E-state index in [1.165, 1.54) is 0 Å². The molecule has 0 aromatic heterocycles. The molecule has 0 saturated carbocycles. The first-order chi connectivity index (χ1) is 7.02. The number of nitrogens with one attached hydrogen (secondary N) is 1. The Morgan fingerprint density at radius 2 is 2.40 bits per heavy atom. The summed E-state index contributed by atoms with van der Waals surface area (Å²) in [5.41, 5.74) is 5.59. The third kappa shape index (κ3) is 3.44. The second kappa shape index (κ2) is 5.44. The third-order valence-electron chi connectivity index (χ3n) is 2.78. The highest BCUT2D eigenvalue weighted by Crippen LogP contribution is 2.19. The summed E-state index contributed by atoms with van der Waals surface area (Å²) in [6.07, 6.45) is -0.0565. The highest BCUT2D eigenvalue weighted by molar-refractivity contribution is 5.81. The predicted molar refractivity (Wildman–Crippen MR) is 56.2 cm³/mol. The molecule has 1 aliphatic rings. The van der Waals surface area contributed by atoms with E-state index in [4.69, 9.17) is 15.6 Å². The van der Waals surface area contributed by atoms with Crippen LogP contribution < -0.4 is 11.1 Å². The van der Waals surface area contributed by atoms with Gasteiger partial charge >= 0.3 is 0 Å². The highest BCUT2D eigenvalue weighted by atomic mass is 16.5. The molecule has 1 saturated heterocycles. The van der Waals surface area contributed by atoms with Crippen LogP contribution in [-0.4, -0.2) is 42.4 Å². The van der Waals surface area contributed by atoms with Crippen LogP contribution in [0.15, 0.2) is 0 Å². The van der Waals surface area contributed by atoms with Crippen LogP contribution in [0.4, 0.5) is 0 Å². The van der Waals surface area contributed by atoms with Gasteiger partial charge in [0.2, 0.25) is 5.91 Å². The Morgan fingerprint density at radius 1 is 1.73 bits per heavy atom. The first kappa shape index (κ1) is 12.4. The van der Waals surface area contributed by atoms with Gasteiger partial charge < -0.3 is 20.9 Å². The monoisotopic (exact) mass is 216 g/mol. The lowest BCUT2D eigenvalue weighted by molar-refractivity contribution is -0.131. The fourth-order valence-electron chi connectivity index (χ4n) is 1.52. The summed E-state index contributed by atoms with van der Waals surface area (Å²) in [5.74, 6) is 0.129. The molecule has 0 radical (unpaired) electrons. The molecular weight excluding hydrogens is 196 g/mol. The Kier molecular flexibility index (Phi) is 4.50. The minimum atomic E-state index is -0.618. The average Bonchev–Trinajstić information content (AvgIpc) is 2.60. The Labute approximate surface area is 90.0 Å². The summed E-state index contributed by atoms with van der Waals surface area (Å²) in [4.78, 5) is 11.6. The summed E-state index contributed by atoms with van der Waals surface area (Å²) in [6, 6.07) is -0.425. The third-order valence-corrected chi connectivity index (χ3v) is 2.78. The molecule has 5 nitrogen and oxygen atoms in total. The lowest BCUT2D eigenvalue weighted by atomic mass is 10.0. The van der Waals surface area contributed by atoms with Gasteiger partial charge in [0.15, 0.2) is 0 Å². The summed E-state index contributed by atoms with van der Waals surface area (Å²) in [7, 11) is 0. The summed E-state index contributed by atoms with van der Waals surface area (Å²) in [6.45, 7) is 4.52. The lowest BCUT2D eigenvalue weighted by Gasteiger charge is -2.18. The van der Waals surface area contributed by atoms with E-state index in [0.29, 0.717) is 6.61 Å². The van der Waals surface area contributed by atoms with E-state index < -0.39 is 12.1 Å². The van der Waals surface area contributed by atoms with Gasteiger partial charge in [-0.2, -0.15) is 0 Å². The molecule has 1 aliphatic heterocycles. The van der Waals surface area contributed by atoms with Gasteiger partial charge in [-0.3, -0.25) is 4.79 Å². The average molecular weight is 216 g/mol. The van der Waals surface area contributed by atoms with Crippen LogP contribution in [0.1, 0.15) is 20.3 Å². The van der Waals surface area contributed by atoms with Crippen molar-refractivity contribution in [2.24, 2.45) is 11.7 Å². The molecule has 0 bridgehead atoms. The maximum Gasteiger partial charge on any atom is 0.249 e. The number of aliphatic hydroxyl groups excluding tert-OH is 1. The number of nitrogens with two attached hydrogens (primary N) is 1. The molecule has 0 aliphatic carbocycles. The van der Waals surface area contributed by atoms with Crippen LogP contribution in [0.2, 0.25) is 0 Å². The largest absolute Gasteiger partial charge is 0.392 e. The maximum absolute atomic E-state index is 11.6. The number of ether oxygens (including phenoxy) is 1. The van der Waals surface area contributed by atoms with Crippen molar-refractivity contribution < 1.29 is 14.6 Å². The molecule has 1 rings (SSSR count). The fourth-order valence-corrected chi connectivity index (χ4v) is 1.52. The van der Waals surface area contributed by atoms with Crippen LogP contribution in [-0.2, 0) is 9.53 Å². The summed E-state index contributed by atoms with van der Waals surface area (Å²) >= 11 is 0. The molecule has 0 aromatic rings. The normalized spacial score (nSPS) is 29.9. The number of carbonyl (C=O) groups excluding carboxylic acids is 1. The number of amides is 1. The predicted octanol–water partition coefficient (Wildman–Crippen LogP) is -0.764. The van der Waals surface area contributed by atoms with Crippen molar-refractivity contribution in [3.63, 3.8) is 0 Å². The maximum atomic E-state index is 11.6. The molecular formula is C10H20N2O3. The SMILES string of the molecule is CC(O)C(N)CNC(=O)C1OCCC1C.